The SMILES string of the molecule is O=C([C@@H]1COc2ccccc2O1)N1CCN(Cc2ccc(F)cc2)CC1. The molecule has 0 radical (unpaired) electrons. The van der Waals surface area contributed by atoms with Crippen molar-refractivity contribution in [3.63, 3.8) is 0 Å². The highest BCUT2D eigenvalue weighted by Crippen LogP contribution is 2.31. The van der Waals surface area contributed by atoms with E-state index in [0.29, 0.717) is 24.6 Å². The van der Waals surface area contributed by atoms with Gasteiger partial charge >= 0.3 is 0 Å². The summed E-state index contributed by atoms with van der Waals surface area (Å²) in [6.45, 7) is 3.88. The minimum absolute atomic E-state index is 0.0269. The predicted molar refractivity (Wildman–Crippen MR) is 94.6 cm³/mol. The average Bonchev–Trinajstić information content (AvgIpc) is 2.69. The number of ether oxygens (including phenoxy) is 2. The van der Waals surface area contributed by atoms with E-state index >= 15 is 0 Å². The second-order valence-electron chi connectivity index (χ2n) is 6.59. The molecule has 0 saturated carbocycles. The Labute approximate surface area is 151 Å². The van der Waals surface area contributed by atoms with Crippen LogP contribution in [0.4, 0.5) is 4.39 Å². The van der Waals surface area contributed by atoms with Crippen LogP contribution in [0.2, 0.25) is 0 Å². The number of halogens is 1. The molecule has 1 saturated heterocycles. The van der Waals surface area contributed by atoms with E-state index in [9.17, 15) is 9.18 Å². The van der Waals surface area contributed by atoms with Crippen molar-refractivity contribution >= 4 is 5.91 Å². The molecule has 0 bridgehead atoms. The van der Waals surface area contributed by atoms with Crippen molar-refractivity contribution in [1.29, 1.82) is 0 Å². The average molecular weight is 356 g/mol. The molecule has 1 amide bonds. The van der Waals surface area contributed by atoms with E-state index in [1.165, 1.54) is 12.1 Å². The van der Waals surface area contributed by atoms with Gasteiger partial charge in [0.05, 0.1) is 0 Å². The maximum Gasteiger partial charge on any atom is 0.267 e. The lowest BCUT2D eigenvalue weighted by Crippen LogP contribution is -2.53. The summed E-state index contributed by atoms with van der Waals surface area (Å²) in [5, 5.41) is 0. The van der Waals surface area contributed by atoms with E-state index in [-0.39, 0.29) is 18.3 Å². The van der Waals surface area contributed by atoms with Gasteiger partial charge in [-0.15, -0.1) is 0 Å². The van der Waals surface area contributed by atoms with Crippen molar-refractivity contribution in [2.24, 2.45) is 0 Å². The summed E-state index contributed by atoms with van der Waals surface area (Å²) in [6.07, 6.45) is -0.589. The van der Waals surface area contributed by atoms with Crippen LogP contribution in [0, 0.1) is 5.82 Å². The van der Waals surface area contributed by atoms with Gasteiger partial charge in [0.2, 0.25) is 6.10 Å². The molecule has 4 rings (SSSR count). The number of benzene rings is 2. The van der Waals surface area contributed by atoms with Gasteiger partial charge in [0, 0.05) is 32.7 Å². The maximum absolute atomic E-state index is 13.0. The van der Waals surface area contributed by atoms with Gasteiger partial charge in [-0.1, -0.05) is 24.3 Å². The van der Waals surface area contributed by atoms with Gasteiger partial charge in [-0.2, -0.15) is 0 Å². The van der Waals surface area contributed by atoms with Crippen LogP contribution in [0.1, 0.15) is 5.56 Å². The maximum atomic E-state index is 13.0. The molecule has 0 N–H and O–H groups in total. The summed E-state index contributed by atoms with van der Waals surface area (Å²) in [7, 11) is 0. The fourth-order valence-corrected chi connectivity index (χ4v) is 3.32. The zero-order valence-corrected chi connectivity index (χ0v) is 14.4. The van der Waals surface area contributed by atoms with Crippen molar-refractivity contribution in [3.8, 4) is 11.5 Å². The Balaban J connectivity index is 1.30. The van der Waals surface area contributed by atoms with Crippen LogP contribution in [-0.2, 0) is 11.3 Å². The Morgan fingerprint density at radius 1 is 1.00 bits per heavy atom. The fourth-order valence-electron chi connectivity index (χ4n) is 3.32. The molecule has 1 fully saturated rings. The zero-order chi connectivity index (χ0) is 17.9. The number of rotatable bonds is 3. The molecule has 0 aromatic heterocycles. The summed E-state index contributed by atoms with van der Waals surface area (Å²) in [5.41, 5.74) is 1.08. The Hall–Kier alpha value is -2.60. The first-order chi connectivity index (χ1) is 12.7. The van der Waals surface area contributed by atoms with Gasteiger partial charge in [-0.3, -0.25) is 9.69 Å². The lowest BCUT2D eigenvalue weighted by molar-refractivity contribution is -0.143. The van der Waals surface area contributed by atoms with Crippen LogP contribution in [0.25, 0.3) is 0 Å². The number of carbonyl (C=O) groups is 1. The number of hydrogen-bond acceptors (Lipinski definition) is 4. The molecule has 2 aliphatic rings. The van der Waals surface area contributed by atoms with Crippen LogP contribution in [0.5, 0.6) is 11.5 Å². The number of hydrogen-bond donors (Lipinski definition) is 0. The number of carbonyl (C=O) groups excluding carboxylic acids is 1. The molecule has 1 atom stereocenters. The first-order valence-electron chi connectivity index (χ1n) is 8.83. The molecule has 0 aliphatic carbocycles. The summed E-state index contributed by atoms with van der Waals surface area (Å²) in [6, 6.07) is 14.0. The third-order valence-corrected chi connectivity index (χ3v) is 4.79. The first kappa shape index (κ1) is 16.8. The molecule has 2 heterocycles. The summed E-state index contributed by atoms with van der Waals surface area (Å²) < 4.78 is 24.5. The Morgan fingerprint density at radius 3 is 2.42 bits per heavy atom. The molecule has 26 heavy (non-hydrogen) atoms. The number of fused-ring (bicyclic) bond motifs is 1. The number of para-hydroxylation sites is 2. The van der Waals surface area contributed by atoms with Gasteiger partial charge < -0.3 is 14.4 Å². The van der Waals surface area contributed by atoms with Gasteiger partial charge in [0.1, 0.15) is 12.4 Å². The zero-order valence-electron chi connectivity index (χ0n) is 14.4. The van der Waals surface area contributed by atoms with Crippen molar-refractivity contribution in [2.75, 3.05) is 32.8 Å². The van der Waals surface area contributed by atoms with Crippen molar-refractivity contribution in [3.05, 3.63) is 59.9 Å². The summed E-state index contributed by atoms with van der Waals surface area (Å²) in [5.74, 6) is 1.05. The molecule has 2 aromatic rings. The molecule has 0 unspecified atom stereocenters. The third kappa shape index (κ3) is 3.65. The fraction of sp³-hybridized carbons (Fsp3) is 0.350. The standard InChI is InChI=1S/C20H21FN2O3/c21-16-7-5-15(6-8-16)13-22-9-11-23(12-10-22)20(24)19-14-25-17-3-1-2-4-18(17)26-19/h1-8,19H,9-14H2/t19-/m0/s1. The molecular formula is C20H21FN2O3. The second kappa shape index (κ2) is 7.33. The monoisotopic (exact) mass is 356 g/mol. The molecule has 2 aliphatic heterocycles. The largest absolute Gasteiger partial charge is 0.485 e. The van der Waals surface area contributed by atoms with Crippen LogP contribution in [0.3, 0.4) is 0 Å². The minimum atomic E-state index is -0.589. The normalized spacial score (nSPS) is 20.0. The van der Waals surface area contributed by atoms with E-state index in [2.05, 4.69) is 4.90 Å². The molecular weight excluding hydrogens is 335 g/mol. The van der Waals surface area contributed by atoms with E-state index in [0.717, 1.165) is 25.2 Å². The summed E-state index contributed by atoms with van der Waals surface area (Å²) in [4.78, 5) is 16.8. The molecule has 0 spiro atoms. The second-order valence-corrected chi connectivity index (χ2v) is 6.59. The molecule has 136 valence electrons. The van der Waals surface area contributed by atoms with Crippen LogP contribution < -0.4 is 9.47 Å². The molecule has 6 heteroatoms. The highest BCUT2D eigenvalue weighted by atomic mass is 19.1. The van der Waals surface area contributed by atoms with Gasteiger partial charge in [-0.05, 0) is 29.8 Å². The lowest BCUT2D eigenvalue weighted by Gasteiger charge is -2.37. The van der Waals surface area contributed by atoms with Crippen molar-refractivity contribution in [1.82, 2.24) is 9.80 Å². The van der Waals surface area contributed by atoms with Gasteiger partial charge in [-0.25, -0.2) is 4.39 Å². The number of nitrogens with zero attached hydrogens (tertiary/aromatic N) is 2. The van der Waals surface area contributed by atoms with E-state index < -0.39 is 6.10 Å². The van der Waals surface area contributed by atoms with Crippen molar-refractivity contribution < 1.29 is 18.7 Å². The Kier molecular flexibility index (Phi) is 4.75. The van der Waals surface area contributed by atoms with E-state index in [1.807, 2.05) is 29.2 Å². The van der Waals surface area contributed by atoms with Crippen LogP contribution in [-0.4, -0.2) is 54.6 Å². The smallest absolute Gasteiger partial charge is 0.267 e. The minimum Gasteiger partial charge on any atom is -0.485 e. The summed E-state index contributed by atoms with van der Waals surface area (Å²) >= 11 is 0. The van der Waals surface area contributed by atoms with E-state index in [1.54, 1.807) is 12.1 Å². The topological polar surface area (TPSA) is 42.0 Å². The van der Waals surface area contributed by atoms with Crippen LogP contribution in [0.15, 0.2) is 48.5 Å². The third-order valence-electron chi connectivity index (χ3n) is 4.79. The van der Waals surface area contributed by atoms with Gasteiger partial charge in [0.15, 0.2) is 11.5 Å². The predicted octanol–water partition coefficient (Wildman–Crippen LogP) is 2.31. The van der Waals surface area contributed by atoms with Crippen molar-refractivity contribution in [2.45, 2.75) is 12.6 Å². The number of amides is 1. The Bertz CT molecular complexity index is 773. The van der Waals surface area contributed by atoms with Crippen LogP contribution >= 0.6 is 0 Å². The van der Waals surface area contributed by atoms with E-state index in [4.69, 9.17) is 9.47 Å². The molecule has 2 aromatic carbocycles. The highest BCUT2D eigenvalue weighted by Gasteiger charge is 2.32. The lowest BCUT2D eigenvalue weighted by atomic mass is 10.2. The molecule has 5 nitrogen and oxygen atoms in total. The number of piperazine rings is 1. The van der Waals surface area contributed by atoms with Gasteiger partial charge in [0.25, 0.3) is 5.91 Å². The quantitative estimate of drug-likeness (QED) is 0.846. The highest BCUT2D eigenvalue weighted by molar-refractivity contribution is 5.82. The first-order valence-corrected chi connectivity index (χ1v) is 8.83. The Morgan fingerprint density at radius 2 is 1.69 bits per heavy atom.